The molecule has 0 saturated heterocycles. The highest BCUT2D eigenvalue weighted by atomic mass is 32.1. The van der Waals surface area contributed by atoms with E-state index in [1.165, 1.54) is 12.1 Å². The Bertz CT molecular complexity index is 528. The van der Waals surface area contributed by atoms with Gasteiger partial charge in [0.2, 0.25) is 0 Å². The summed E-state index contributed by atoms with van der Waals surface area (Å²) in [6.07, 6.45) is 0. The molecule has 2 aromatic rings. The second-order valence-electron chi connectivity index (χ2n) is 3.34. The van der Waals surface area contributed by atoms with Crippen LogP contribution in [0.2, 0.25) is 0 Å². The van der Waals surface area contributed by atoms with Gasteiger partial charge in [0.1, 0.15) is 11.9 Å². The van der Waals surface area contributed by atoms with Gasteiger partial charge in [0.15, 0.2) is 0 Å². The summed E-state index contributed by atoms with van der Waals surface area (Å²) in [4.78, 5) is 0.996. The molecule has 0 spiro atoms. The predicted molar refractivity (Wildman–Crippen MR) is 61.5 cm³/mol. The fourth-order valence-corrected chi connectivity index (χ4v) is 2.21. The highest BCUT2D eigenvalue weighted by Gasteiger charge is 2.12. The number of hydrogen-bond acceptors (Lipinski definition) is 3. The zero-order valence-corrected chi connectivity index (χ0v) is 9.17. The van der Waals surface area contributed by atoms with Crippen molar-refractivity contribution in [3.05, 3.63) is 57.5 Å². The highest BCUT2D eigenvalue weighted by molar-refractivity contribution is 7.10. The Hall–Kier alpha value is -1.70. The summed E-state index contributed by atoms with van der Waals surface area (Å²) < 4.78 is 13.1. The van der Waals surface area contributed by atoms with Crippen LogP contribution >= 0.6 is 11.3 Å². The number of hydrogen-bond donors (Lipinski definition) is 1. The maximum Gasteiger partial charge on any atom is 0.140 e. The Morgan fingerprint density at radius 3 is 2.81 bits per heavy atom. The van der Waals surface area contributed by atoms with Gasteiger partial charge in [-0.05, 0) is 29.1 Å². The maximum atomic E-state index is 13.1. The molecule has 0 bridgehead atoms. The van der Waals surface area contributed by atoms with E-state index < -0.39 is 5.82 Å². The van der Waals surface area contributed by atoms with E-state index in [-0.39, 0.29) is 11.6 Å². The van der Waals surface area contributed by atoms with Gasteiger partial charge in [-0.3, -0.25) is 0 Å². The third-order valence-corrected chi connectivity index (χ3v) is 3.28. The monoisotopic (exact) mass is 232 g/mol. The number of nitriles is 1. The molecule has 0 aliphatic heterocycles. The van der Waals surface area contributed by atoms with Crippen LogP contribution in [0.4, 0.5) is 4.39 Å². The SMILES string of the molecule is N#Cc1cc([C@H](N)c2cccs2)ccc1F. The molecule has 1 atom stereocenters. The number of nitrogens with two attached hydrogens (primary N) is 1. The fourth-order valence-electron chi connectivity index (χ4n) is 1.45. The molecule has 2 rings (SSSR count). The lowest BCUT2D eigenvalue weighted by molar-refractivity contribution is 0.622. The minimum absolute atomic E-state index is 0.0320. The molecule has 2 N–H and O–H groups in total. The topological polar surface area (TPSA) is 49.8 Å². The van der Waals surface area contributed by atoms with Gasteiger partial charge in [-0.1, -0.05) is 12.1 Å². The van der Waals surface area contributed by atoms with Gasteiger partial charge in [-0.25, -0.2) is 4.39 Å². The van der Waals surface area contributed by atoms with Gasteiger partial charge < -0.3 is 5.73 Å². The summed E-state index contributed by atoms with van der Waals surface area (Å²) in [6.45, 7) is 0. The first-order valence-corrected chi connectivity index (χ1v) is 5.59. The summed E-state index contributed by atoms with van der Waals surface area (Å²) in [5.41, 5.74) is 6.80. The van der Waals surface area contributed by atoms with Crippen LogP contribution in [0.5, 0.6) is 0 Å². The Balaban J connectivity index is 2.39. The lowest BCUT2D eigenvalue weighted by Gasteiger charge is -2.10. The Labute approximate surface area is 96.8 Å². The smallest absolute Gasteiger partial charge is 0.140 e. The lowest BCUT2D eigenvalue weighted by atomic mass is 10.0. The molecule has 0 aliphatic carbocycles. The number of benzene rings is 1. The summed E-state index contributed by atoms with van der Waals surface area (Å²) >= 11 is 1.54. The highest BCUT2D eigenvalue weighted by Crippen LogP contribution is 2.24. The van der Waals surface area contributed by atoms with Crippen LogP contribution in [0.1, 0.15) is 22.0 Å². The van der Waals surface area contributed by atoms with Crippen molar-refractivity contribution in [2.24, 2.45) is 5.73 Å². The quantitative estimate of drug-likeness (QED) is 0.865. The second-order valence-corrected chi connectivity index (χ2v) is 4.32. The Morgan fingerprint density at radius 2 is 2.19 bits per heavy atom. The van der Waals surface area contributed by atoms with E-state index in [1.54, 1.807) is 17.4 Å². The second kappa shape index (κ2) is 4.44. The molecule has 0 aliphatic rings. The van der Waals surface area contributed by atoms with Crippen LogP contribution in [0.15, 0.2) is 35.7 Å². The van der Waals surface area contributed by atoms with E-state index in [0.717, 1.165) is 10.4 Å². The van der Waals surface area contributed by atoms with Crippen molar-refractivity contribution >= 4 is 11.3 Å². The average molecular weight is 232 g/mol. The van der Waals surface area contributed by atoms with Crippen LogP contribution in [-0.4, -0.2) is 0 Å². The molecule has 0 radical (unpaired) electrons. The summed E-state index contributed by atoms with van der Waals surface area (Å²) in [5, 5.41) is 10.7. The number of rotatable bonds is 2. The Morgan fingerprint density at radius 1 is 1.38 bits per heavy atom. The molecule has 80 valence electrons. The van der Waals surface area contributed by atoms with Gasteiger partial charge >= 0.3 is 0 Å². The van der Waals surface area contributed by atoms with Crippen molar-refractivity contribution in [2.45, 2.75) is 6.04 Å². The van der Waals surface area contributed by atoms with Gasteiger partial charge in [0.25, 0.3) is 0 Å². The minimum atomic E-state index is -0.510. The molecule has 1 heterocycles. The van der Waals surface area contributed by atoms with Gasteiger partial charge in [-0.2, -0.15) is 5.26 Å². The zero-order valence-electron chi connectivity index (χ0n) is 8.35. The van der Waals surface area contributed by atoms with Crippen LogP contribution < -0.4 is 5.73 Å². The number of halogens is 1. The molecule has 4 heteroatoms. The standard InChI is InChI=1S/C12H9FN2S/c13-10-4-3-8(6-9(10)7-14)12(15)11-2-1-5-16-11/h1-6,12H,15H2/t12-/m0/s1. The van der Waals surface area contributed by atoms with E-state index in [9.17, 15) is 4.39 Å². The van der Waals surface area contributed by atoms with Crippen molar-refractivity contribution < 1.29 is 4.39 Å². The van der Waals surface area contributed by atoms with Gasteiger partial charge in [0, 0.05) is 4.88 Å². The summed E-state index contributed by atoms with van der Waals surface area (Å²) in [7, 11) is 0. The van der Waals surface area contributed by atoms with Crippen LogP contribution in [0.25, 0.3) is 0 Å². The summed E-state index contributed by atoms with van der Waals surface area (Å²) in [6, 6.07) is 9.73. The van der Waals surface area contributed by atoms with Crippen LogP contribution in [-0.2, 0) is 0 Å². The molecule has 16 heavy (non-hydrogen) atoms. The molecule has 0 fully saturated rings. The molecular weight excluding hydrogens is 223 g/mol. The van der Waals surface area contributed by atoms with E-state index in [4.69, 9.17) is 11.0 Å². The molecule has 1 aromatic heterocycles. The molecule has 0 amide bonds. The fraction of sp³-hybridized carbons (Fsp3) is 0.0833. The first-order valence-electron chi connectivity index (χ1n) is 4.71. The van der Waals surface area contributed by atoms with E-state index in [1.807, 2.05) is 23.6 Å². The molecular formula is C12H9FN2S. The van der Waals surface area contributed by atoms with Crippen LogP contribution in [0.3, 0.4) is 0 Å². The summed E-state index contributed by atoms with van der Waals surface area (Å²) in [5.74, 6) is -0.510. The average Bonchev–Trinajstić information content (AvgIpc) is 2.82. The number of nitrogens with zero attached hydrogens (tertiary/aromatic N) is 1. The minimum Gasteiger partial charge on any atom is -0.320 e. The predicted octanol–water partition coefficient (Wildman–Crippen LogP) is 2.81. The van der Waals surface area contributed by atoms with Crippen molar-refractivity contribution in [3.8, 4) is 6.07 Å². The van der Waals surface area contributed by atoms with Gasteiger partial charge in [0.05, 0.1) is 11.6 Å². The first-order chi connectivity index (χ1) is 7.72. The zero-order chi connectivity index (χ0) is 11.5. The van der Waals surface area contributed by atoms with Crippen molar-refractivity contribution in [3.63, 3.8) is 0 Å². The normalized spacial score (nSPS) is 12.1. The molecule has 0 saturated carbocycles. The van der Waals surface area contributed by atoms with Crippen LogP contribution in [0, 0.1) is 17.1 Å². The molecule has 0 unspecified atom stereocenters. The largest absolute Gasteiger partial charge is 0.320 e. The Kier molecular flexibility index (Phi) is 3.00. The van der Waals surface area contributed by atoms with Crippen molar-refractivity contribution in [1.29, 1.82) is 5.26 Å². The number of thiophene rings is 1. The third kappa shape index (κ3) is 1.96. The van der Waals surface area contributed by atoms with E-state index >= 15 is 0 Å². The maximum absolute atomic E-state index is 13.1. The molecule has 2 nitrogen and oxygen atoms in total. The van der Waals surface area contributed by atoms with Crippen molar-refractivity contribution in [1.82, 2.24) is 0 Å². The third-order valence-electron chi connectivity index (χ3n) is 2.32. The van der Waals surface area contributed by atoms with Gasteiger partial charge in [-0.15, -0.1) is 11.3 Å². The molecule has 1 aromatic carbocycles. The first kappa shape index (κ1) is 10.8. The van der Waals surface area contributed by atoms with Crippen molar-refractivity contribution in [2.75, 3.05) is 0 Å². The van der Waals surface area contributed by atoms with E-state index in [2.05, 4.69) is 0 Å². The lowest BCUT2D eigenvalue weighted by Crippen LogP contribution is -2.10. The van der Waals surface area contributed by atoms with E-state index in [0.29, 0.717) is 0 Å².